The predicted octanol–water partition coefficient (Wildman–Crippen LogP) is 3.40. The summed E-state index contributed by atoms with van der Waals surface area (Å²) in [6.45, 7) is 0.809. The Hall–Kier alpha value is -1.81. The molecule has 2 fully saturated rings. The zero-order valence-corrected chi connectivity index (χ0v) is 14.1. The molecule has 1 aromatic carbocycles. The Morgan fingerprint density at radius 1 is 1.17 bits per heavy atom. The highest BCUT2D eigenvalue weighted by molar-refractivity contribution is 5.80. The molecule has 0 atom stereocenters. The molecule has 4 nitrogen and oxygen atoms in total. The van der Waals surface area contributed by atoms with Gasteiger partial charge in [-0.15, -0.1) is 0 Å². The summed E-state index contributed by atoms with van der Waals surface area (Å²) >= 11 is 0. The number of aromatic nitrogens is 2. The molecule has 1 heterocycles. The van der Waals surface area contributed by atoms with Gasteiger partial charge in [-0.3, -0.25) is 4.68 Å². The minimum absolute atomic E-state index is 0.543. The SMILES string of the molecule is CN(C)c1ccccc1-c1cn(C2CC(CN)C2)nc1C1CC1. The van der Waals surface area contributed by atoms with Gasteiger partial charge in [0.2, 0.25) is 0 Å². The number of anilines is 1. The van der Waals surface area contributed by atoms with Gasteiger partial charge in [-0.2, -0.15) is 5.10 Å². The van der Waals surface area contributed by atoms with Crippen molar-refractivity contribution in [3.63, 3.8) is 0 Å². The van der Waals surface area contributed by atoms with Crippen LogP contribution in [0.5, 0.6) is 0 Å². The molecule has 0 saturated heterocycles. The molecule has 2 aromatic rings. The predicted molar refractivity (Wildman–Crippen MR) is 94.8 cm³/mol. The van der Waals surface area contributed by atoms with E-state index in [1.165, 1.54) is 48.2 Å². The molecule has 122 valence electrons. The monoisotopic (exact) mass is 310 g/mol. The Kier molecular flexibility index (Phi) is 3.64. The molecule has 2 saturated carbocycles. The first-order chi connectivity index (χ1) is 11.2. The van der Waals surface area contributed by atoms with Crippen LogP contribution in [0.1, 0.15) is 43.3 Å². The number of nitrogens with two attached hydrogens (primary N) is 1. The first-order valence-corrected chi connectivity index (χ1v) is 8.73. The van der Waals surface area contributed by atoms with Crippen LogP contribution in [-0.2, 0) is 0 Å². The van der Waals surface area contributed by atoms with Crippen molar-refractivity contribution in [2.45, 2.75) is 37.6 Å². The molecule has 2 N–H and O–H groups in total. The molecule has 1 aromatic heterocycles. The van der Waals surface area contributed by atoms with Crippen molar-refractivity contribution < 1.29 is 0 Å². The second kappa shape index (κ2) is 5.68. The van der Waals surface area contributed by atoms with E-state index in [0.717, 1.165) is 6.54 Å². The van der Waals surface area contributed by atoms with Gasteiger partial charge >= 0.3 is 0 Å². The Balaban J connectivity index is 1.72. The minimum atomic E-state index is 0.543. The Labute approximate surface area is 138 Å². The number of hydrogen-bond donors (Lipinski definition) is 1. The number of benzene rings is 1. The van der Waals surface area contributed by atoms with E-state index in [0.29, 0.717) is 17.9 Å². The fraction of sp³-hybridized carbons (Fsp3) is 0.526. The molecule has 23 heavy (non-hydrogen) atoms. The van der Waals surface area contributed by atoms with Crippen molar-refractivity contribution in [2.75, 3.05) is 25.5 Å². The van der Waals surface area contributed by atoms with Crippen molar-refractivity contribution in [1.82, 2.24) is 9.78 Å². The Bertz CT molecular complexity index is 693. The lowest BCUT2D eigenvalue weighted by molar-refractivity contribution is 0.189. The number of para-hydroxylation sites is 1. The molecular formula is C19H26N4. The summed E-state index contributed by atoms with van der Waals surface area (Å²) in [5, 5.41) is 5.00. The molecule has 4 heteroatoms. The Morgan fingerprint density at radius 2 is 1.91 bits per heavy atom. The van der Waals surface area contributed by atoms with Crippen LogP contribution in [0, 0.1) is 5.92 Å². The lowest BCUT2D eigenvalue weighted by atomic mass is 9.80. The summed E-state index contributed by atoms with van der Waals surface area (Å²) in [6, 6.07) is 9.20. The van der Waals surface area contributed by atoms with Crippen molar-refractivity contribution in [1.29, 1.82) is 0 Å². The third kappa shape index (κ3) is 2.65. The second-order valence-corrected chi connectivity index (χ2v) is 7.32. The number of hydrogen-bond acceptors (Lipinski definition) is 3. The van der Waals surface area contributed by atoms with E-state index >= 15 is 0 Å². The topological polar surface area (TPSA) is 47.1 Å². The van der Waals surface area contributed by atoms with Crippen molar-refractivity contribution >= 4 is 5.69 Å². The maximum Gasteiger partial charge on any atom is 0.0734 e. The van der Waals surface area contributed by atoms with E-state index in [2.05, 4.69) is 54.1 Å². The maximum absolute atomic E-state index is 5.78. The molecule has 0 aliphatic heterocycles. The van der Waals surface area contributed by atoms with Gasteiger partial charge in [-0.25, -0.2) is 0 Å². The van der Waals surface area contributed by atoms with Gasteiger partial charge in [-0.05, 0) is 44.2 Å². The van der Waals surface area contributed by atoms with Crippen LogP contribution in [0.3, 0.4) is 0 Å². The highest BCUT2D eigenvalue weighted by atomic mass is 15.3. The van der Waals surface area contributed by atoms with Gasteiger partial charge in [0.1, 0.15) is 0 Å². The third-order valence-corrected chi connectivity index (χ3v) is 5.32. The molecule has 0 unspecified atom stereocenters. The Morgan fingerprint density at radius 3 is 2.57 bits per heavy atom. The maximum atomic E-state index is 5.78. The van der Waals surface area contributed by atoms with E-state index in [1.54, 1.807) is 0 Å². The first kappa shape index (κ1) is 14.8. The summed E-state index contributed by atoms with van der Waals surface area (Å²) in [7, 11) is 4.22. The summed E-state index contributed by atoms with van der Waals surface area (Å²) in [5.41, 5.74) is 11.0. The van der Waals surface area contributed by atoms with E-state index in [1.807, 2.05) is 0 Å². The van der Waals surface area contributed by atoms with E-state index in [9.17, 15) is 0 Å². The third-order valence-electron chi connectivity index (χ3n) is 5.32. The average Bonchev–Trinajstić information content (AvgIpc) is 3.26. The van der Waals surface area contributed by atoms with E-state index < -0.39 is 0 Å². The van der Waals surface area contributed by atoms with Gasteiger partial charge < -0.3 is 10.6 Å². The standard InChI is InChI=1S/C19H26N4/c1-22(2)18-6-4-3-5-16(18)17-12-23(15-9-13(10-15)11-20)21-19(17)14-7-8-14/h3-6,12-15H,7-11,20H2,1-2H3. The van der Waals surface area contributed by atoms with Gasteiger partial charge in [0.05, 0.1) is 11.7 Å². The van der Waals surface area contributed by atoms with E-state index in [4.69, 9.17) is 10.8 Å². The summed E-state index contributed by atoms with van der Waals surface area (Å²) in [5.74, 6) is 1.35. The number of nitrogens with zero attached hydrogens (tertiary/aromatic N) is 3. The molecule has 0 bridgehead atoms. The second-order valence-electron chi connectivity index (χ2n) is 7.32. The van der Waals surface area contributed by atoms with Crippen LogP contribution in [0.15, 0.2) is 30.5 Å². The van der Waals surface area contributed by atoms with Crippen LogP contribution in [-0.4, -0.2) is 30.4 Å². The van der Waals surface area contributed by atoms with Crippen LogP contribution >= 0.6 is 0 Å². The molecule has 0 amide bonds. The lowest BCUT2D eigenvalue weighted by Gasteiger charge is -2.34. The zero-order chi connectivity index (χ0) is 16.0. The average molecular weight is 310 g/mol. The molecule has 2 aliphatic rings. The van der Waals surface area contributed by atoms with Crippen molar-refractivity contribution in [3.8, 4) is 11.1 Å². The molecule has 4 rings (SSSR count). The van der Waals surface area contributed by atoms with Crippen LogP contribution in [0.25, 0.3) is 11.1 Å². The largest absolute Gasteiger partial charge is 0.377 e. The minimum Gasteiger partial charge on any atom is -0.377 e. The normalized spacial score (nSPS) is 23.6. The molecule has 0 spiro atoms. The number of rotatable bonds is 5. The summed E-state index contributed by atoms with van der Waals surface area (Å²) in [6.07, 6.45) is 7.20. The van der Waals surface area contributed by atoms with Crippen molar-refractivity contribution in [3.05, 3.63) is 36.2 Å². The molecule has 2 aliphatic carbocycles. The lowest BCUT2D eigenvalue weighted by Crippen LogP contribution is -2.32. The highest BCUT2D eigenvalue weighted by Crippen LogP contribution is 2.46. The fourth-order valence-electron chi connectivity index (χ4n) is 3.66. The van der Waals surface area contributed by atoms with Crippen LogP contribution in [0.2, 0.25) is 0 Å². The first-order valence-electron chi connectivity index (χ1n) is 8.73. The molecular weight excluding hydrogens is 284 g/mol. The van der Waals surface area contributed by atoms with Crippen LogP contribution in [0.4, 0.5) is 5.69 Å². The van der Waals surface area contributed by atoms with E-state index in [-0.39, 0.29) is 0 Å². The zero-order valence-electron chi connectivity index (χ0n) is 14.1. The quantitative estimate of drug-likeness (QED) is 0.920. The van der Waals surface area contributed by atoms with Crippen molar-refractivity contribution in [2.24, 2.45) is 11.7 Å². The summed E-state index contributed by atoms with van der Waals surface area (Å²) < 4.78 is 2.22. The smallest absolute Gasteiger partial charge is 0.0734 e. The van der Waals surface area contributed by atoms with Crippen LogP contribution < -0.4 is 10.6 Å². The highest BCUT2D eigenvalue weighted by Gasteiger charge is 2.34. The van der Waals surface area contributed by atoms with Gasteiger partial charge in [0.15, 0.2) is 0 Å². The van der Waals surface area contributed by atoms with Gasteiger partial charge in [0.25, 0.3) is 0 Å². The van der Waals surface area contributed by atoms with Gasteiger partial charge in [-0.1, -0.05) is 18.2 Å². The summed E-state index contributed by atoms with van der Waals surface area (Å²) in [4.78, 5) is 2.19. The molecule has 0 radical (unpaired) electrons. The van der Waals surface area contributed by atoms with Gasteiger partial charge in [0, 0.05) is 43.0 Å². The fourth-order valence-corrected chi connectivity index (χ4v) is 3.66.